The van der Waals surface area contributed by atoms with Gasteiger partial charge in [0.15, 0.2) is 0 Å². The first-order valence-corrected chi connectivity index (χ1v) is 7.58. The fourth-order valence-corrected chi connectivity index (χ4v) is 3.30. The SMILES string of the molecule is CCCC1(C(=O)O)CCCN1C(=O)N1CCCNC(=O)C1. The van der Waals surface area contributed by atoms with E-state index in [1.165, 1.54) is 9.80 Å². The van der Waals surface area contributed by atoms with Crippen LogP contribution in [0.5, 0.6) is 0 Å². The van der Waals surface area contributed by atoms with Crippen LogP contribution >= 0.6 is 0 Å². The fraction of sp³-hybridized carbons (Fsp3) is 0.786. The predicted molar refractivity (Wildman–Crippen MR) is 75.8 cm³/mol. The molecule has 0 aromatic carbocycles. The Bertz CT molecular complexity index is 440. The summed E-state index contributed by atoms with van der Waals surface area (Å²) in [5, 5.41) is 12.3. The summed E-state index contributed by atoms with van der Waals surface area (Å²) in [5.41, 5.74) is -1.10. The number of hydrogen-bond acceptors (Lipinski definition) is 3. The van der Waals surface area contributed by atoms with Crippen LogP contribution in [0.25, 0.3) is 0 Å². The Labute approximate surface area is 124 Å². The molecule has 1 unspecified atom stereocenters. The molecule has 2 N–H and O–H groups in total. The highest BCUT2D eigenvalue weighted by Crippen LogP contribution is 2.35. The molecule has 118 valence electrons. The van der Waals surface area contributed by atoms with Crippen molar-refractivity contribution in [3.63, 3.8) is 0 Å². The minimum atomic E-state index is -1.10. The van der Waals surface area contributed by atoms with Crippen molar-refractivity contribution < 1.29 is 19.5 Å². The Morgan fingerprint density at radius 2 is 2.10 bits per heavy atom. The molecule has 2 heterocycles. The highest BCUT2D eigenvalue weighted by Gasteiger charge is 2.50. The van der Waals surface area contributed by atoms with E-state index in [1.54, 1.807) is 0 Å². The summed E-state index contributed by atoms with van der Waals surface area (Å²) in [6, 6.07) is -0.319. The van der Waals surface area contributed by atoms with E-state index in [9.17, 15) is 19.5 Å². The number of nitrogens with one attached hydrogen (secondary N) is 1. The van der Waals surface area contributed by atoms with E-state index in [-0.39, 0.29) is 18.5 Å². The number of carboxylic acids is 1. The molecule has 0 spiro atoms. The van der Waals surface area contributed by atoms with Gasteiger partial charge in [0, 0.05) is 19.6 Å². The first kappa shape index (κ1) is 15.6. The molecular formula is C14H23N3O4. The number of urea groups is 1. The van der Waals surface area contributed by atoms with Crippen LogP contribution in [0.4, 0.5) is 4.79 Å². The molecule has 0 aromatic heterocycles. The van der Waals surface area contributed by atoms with Crippen molar-refractivity contribution in [3.05, 3.63) is 0 Å². The summed E-state index contributed by atoms with van der Waals surface area (Å²) in [4.78, 5) is 39.0. The number of amides is 3. The zero-order chi connectivity index (χ0) is 15.5. The molecule has 0 aromatic rings. The lowest BCUT2D eigenvalue weighted by Crippen LogP contribution is -2.57. The molecule has 21 heavy (non-hydrogen) atoms. The lowest BCUT2D eigenvalue weighted by Gasteiger charge is -2.37. The summed E-state index contributed by atoms with van der Waals surface area (Å²) in [6.45, 7) is 3.42. The summed E-state index contributed by atoms with van der Waals surface area (Å²) < 4.78 is 0. The molecule has 2 saturated heterocycles. The van der Waals surface area contributed by atoms with Gasteiger partial charge in [-0.2, -0.15) is 0 Å². The minimum Gasteiger partial charge on any atom is -0.479 e. The van der Waals surface area contributed by atoms with Crippen LogP contribution in [0.15, 0.2) is 0 Å². The van der Waals surface area contributed by atoms with Crippen molar-refractivity contribution in [3.8, 4) is 0 Å². The van der Waals surface area contributed by atoms with Crippen LogP contribution in [-0.4, -0.2) is 64.5 Å². The first-order chi connectivity index (χ1) is 10.0. The van der Waals surface area contributed by atoms with Gasteiger partial charge in [-0.3, -0.25) is 4.79 Å². The highest BCUT2D eigenvalue weighted by atomic mass is 16.4. The molecule has 2 fully saturated rings. The molecule has 1 atom stereocenters. The first-order valence-electron chi connectivity index (χ1n) is 7.58. The maximum atomic E-state index is 12.7. The van der Waals surface area contributed by atoms with Gasteiger partial charge in [-0.15, -0.1) is 0 Å². The minimum absolute atomic E-state index is 0.0111. The average Bonchev–Trinajstić information content (AvgIpc) is 2.75. The van der Waals surface area contributed by atoms with Gasteiger partial charge < -0.3 is 20.2 Å². The number of aliphatic carboxylic acids is 1. The maximum Gasteiger partial charge on any atom is 0.329 e. The zero-order valence-electron chi connectivity index (χ0n) is 12.4. The summed E-state index contributed by atoms with van der Waals surface area (Å²) in [5.74, 6) is -1.12. The van der Waals surface area contributed by atoms with E-state index < -0.39 is 11.5 Å². The number of nitrogens with zero attached hydrogens (tertiary/aromatic N) is 2. The number of carboxylic acid groups (broad SMARTS) is 1. The maximum absolute atomic E-state index is 12.7. The Hall–Kier alpha value is -1.79. The molecule has 0 aliphatic carbocycles. The second kappa shape index (κ2) is 6.32. The van der Waals surface area contributed by atoms with Gasteiger partial charge >= 0.3 is 12.0 Å². The Balaban J connectivity index is 2.19. The quantitative estimate of drug-likeness (QED) is 0.800. The summed E-state index contributed by atoms with van der Waals surface area (Å²) >= 11 is 0. The topological polar surface area (TPSA) is 89.9 Å². The highest BCUT2D eigenvalue weighted by molar-refractivity contribution is 5.89. The Morgan fingerprint density at radius 1 is 1.33 bits per heavy atom. The smallest absolute Gasteiger partial charge is 0.329 e. The van der Waals surface area contributed by atoms with Gasteiger partial charge in [-0.05, 0) is 25.7 Å². The molecule has 3 amide bonds. The van der Waals surface area contributed by atoms with E-state index >= 15 is 0 Å². The average molecular weight is 297 g/mol. The van der Waals surface area contributed by atoms with Crippen LogP contribution in [0.2, 0.25) is 0 Å². The van der Waals surface area contributed by atoms with E-state index in [0.29, 0.717) is 51.7 Å². The van der Waals surface area contributed by atoms with Gasteiger partial charge in [0.1, 0.15) is 12.1 Å². The molecule has 0 saturated carbocycles. The van der Waals surface area contributed by atoms with E-state index in [0.717, 1.165) is 0 Å². The third kappa shape index (κ3) is 2.96. The second-order valence-electron chi connectivity index (χ2n) is 5.75. The summed E-state index contributed by atoms with van der Waals surface area (Å²) in [7, 11) is 0. The van der Waals surface area contributed by atoms with E-state index in [2.05, 4.69) is 5.32 Å². The monoisotopic (exact) mass is 297 g/mol. The lowest BCUT2D eigenvalue weighted by atomic mass is 9.91. The standard InChI is InChI=1S/C14H23N3O4/c1-2-5-14(12(19)20)6-3-9-17(14)13(21)16-8-4-7-15-11(18)10-16/h2-10H2,1H3,(H,15,18)(H,19,20). The molecular weight excluding hydrogens is 274 g/mol. The molecule has 2 aliphatic heterocycles. The summed E-state index contributed by atoms with van der Waals surface area (Å²) in [6.07, 6.45) is 3.03. The van der Waals surface area contributed by atoms with Gasteiger partial charge in [0.2, 0.25) is 5.91 Å². The van der Waals surface area contributed by atoms with Crippen molar-refractivity contribution in [2.75, 3.05) is 26.2 Å². The van der Waals surface area contributed by atoms with Gasteiger partial charge in [0.05, 0.1) is 0 Å². The van der Waals surface area contributed by atoms with Crippen LogP contribution in [0.1, 0.15) is 39.0 Å². The Kier molecular flexibility index (Phi) is 4.69. The molecule has 7 nitrogen and oxygen atoms in total. The number of hydrogen-bond donors (Lipinski definition) is 2. The van der Waals surface area contributed by atoms with Crippen molar-refractivity contribution in [1.29, 1.82) is 0 Å². The van der Waals surface area contributed by atoms with Gasteiger partial charge in [0.25, 0.3) is 0 Å². The molecule has 0 radical (unpaired) electrons. The van der Waals surface area contributed by atoms with Crippen LogP contribution in [0.3, 0.4) is 0 Å². The van der Waals surface area contributed by atoms with E-state index in [4.69, 9.17) is 0 Å². The van der Waals surface area contributed by atoms with E-state index in [1.807, 2.05) is 6.92 Å². The molecule has 2 aliphatic rings. The normalized spacial score (nSPS) is 26.4. The number of carbonyl (C=O) groups is 3. The van der Waals surface area contributed by atoms with Crippen molar-refractivity contribution in [2.24, 2.45) is 0 Å². The molecule has 0 bridgehead atoms. The molecule has 7 heteroatoms. The Morgan fingerprint density at radius 3 is 2.76 bits per heavy atom. The van der Waals surface area contributed by atoms with Crippen molar-refractivity contribution >= 4 is 17.9 Å². The van der Waals surface area contributed by atoms with Crippen LogP contribution in [0, 0.1) is 0 Å². The van der Waals surface area contributed by atoms with Gasteiger partial charge in [-0.25, -0.2) is 9.59 Å². The number of likely N-dealkylation sites (tertiary alicyclic amines) is 1. The van der Waals surface area contributed by atoms with Crippen molar-refractivity contribution in [1.82, 2.24) is 15.1 Å². The van der Waals surface area contributed by atoms with Gasteiger partial charge in [-0.1, -0.05) is 13.3 Å². The lowest BCUT2D eigenvalue weighted by molar-refractivity contribution is -0.148. The van der Waals surface area contributed by atoms with Crippen LogP contribution < -0.4 is 5.32 Å². The number of carbonyl (C=O) groups excluding carboxylic acids is 2. The zero-order valence-corrected chi connectivity index (χ0v) is 12.4. The third-order valence-corrected chi connectivity index (χ3v) is 4.31. The largest absolute Gasteiger partial charge is 0.479 e. The third-order valence-electron chi connectivity index (χ3n) is 4.31. The fourth-order valence-electron chi connectivity index (χ4n) is 3.30. The molecule has 2 rings (SSSR count). The predicted octanol–water partition coefficient (Wildman–Crippen LogP) is 0.648. The van der Waals surface area contributed by atoms with Crippen molar-refractivity contribution in [2.45, 2.75) is 44.6 Å². The number of rotatable bonds is 3. The van der Waals surface area contributed by atoms with Crippen LogP contribution in [-0.2, 0) is 9.59 Å². The second-order valence-corrected chi connectivity index (χ2v) is 5.75.